The number of benzene rings is 1. The average molecular weight is 279 g/mol. The number of nitrogens with zero attached hydrogens (tertiary/aromatic N) is 1. The molecule has 0 saturated carbocycles. The number of phenols is 1. The lowest BCUT2D eigenvalue weighted by molar-refractivity contribution is -0.384. The number of aromatic hydroxyl groups is 1. The second-order valence-electron chi connectivity index (χ2n) is 4.87. The van der Waals surface area contributed by atoms with Crippen molar-refractivity contribution in [2.75, 3.05) is 18.4 Å². The summed E-state index contributed by atoms with van der Waals surface area (Å²) in [5.74, 6) is -0.319. The van der Waals surface area contributed by atoms with Gasteiger partial charge < -0.3 is 15.7 Å². The van der Waals surface area contributed by atoms with E-state index >= 15 is 0 Å². The fourth-order valence-electron chi connectivity index (χ4n) is 2.35. The molecule has 1 aliphatic rings. The van der Waals surface area contributed by atoms with E-state index in [1.54, 1.807) is 0 Å². The fourth-order valence-corrected chi connectivity index (χ4v) is 2.35. The van der Waals surface area contributed by atoms with E-state index in [0.717, 1.165) is 25.9 Å². The molecule has 1 aromatic rings. The number of carbonyl (C=O) groups is 1. The van der Waals surface area contributed by atoms with Gasteiger partial charge in [0.2, 0.25) is 5.91 Å². The van der Waals surface area contributed by atoms with Crippen molar-refractivity contribution < 1.29 is 14.8 Å². The molecule has 0 unspecified atom stereocenters. The Labute approximate surface area is 116 Å². The number of hydrogen-bond acceptors (Lipinski definition) is 5. The van der Waals surface area contributed by atoms with Crippen molar-refractivity contribution >= 4 is 17.3 Å². The van der Waals surface area contributed by atoms with E-state index in [2.05, 4.69) is 10.6 Å². The Bertz CT molecular complexity index is 512. The average Bonchev–Trinajstić information content (AvgIpc) is 2.42. The molecule has 0 atom stereocenters. The first-order valence-electron chi connectivity index (χ1n) is 6.55. The molecule has 0 spiro atoms. The molecule has 0 radical (unpaired) electrons. The third-order valence-electron chi connectivity index (χ3n) is 3.41. The molecular formula is C13H17N3O4. The van der Waals surface area contributed by atoms with E-state index in [1.807, 2.05) is 0 Å². The molecule has 1 aromatic carbocycles. The van der Waals surface area contributed by atoms with Crippen molar-refractivity contribution in [3.8, 4) is 5.75 Å². The lowest BCUT2D eigenvalue weighted by Gasteiger charge is -2.21. The van der Waals surface area contributed by atoms with Gasteiger partial charge in [-0.3, -0.25) is 14.9 Å². The number of carbonyl (C=O) groups excluding carboxylic acids is 1. The molecule has 2 rings (SSSR count). The summed E-state index contributed by atoms with van der Waals surface area (Å²) in [7, 11) is 0. The molecule has 7 heteroatoms. The van der Waals surface area contributed by atoms with E-state index in [1.165, 1.54) is 18.2 Å². The van der Waals surface area contributed by atoms with Gasteiger partial charge in [-0.15, -0.1) is 0 Å². The van der Waals surface area contributed by atoms with Gasteiger partial charge >= 0.3 is 0 Å². The maximum atomic E-state index is 11.9. The molecule has 0 aromatic heterocycles. The van der Waals surface area contributed by atoms with Crippen molar-refractivity contribution in [1.29, 1.82) is 0 Å². The summed E-state index contributed by atoms with van der Waals surface area (Å²) < 4.78 is 0. The lowest BCUT2D eigenvalue weighted by atomic mass is 9.94. The van der Waals surface area contributed by atoms with Crippen LogP contribution in [0.5, 0.6) is 5.75 Å². The van der Waals surface area contributed by atoms with Gasteiger partial charge in [0.1, 0.15) is 5.75 Å². The number of nitro benzene ring substituents is 1. The molecule has 0 aliphatic carbocycles. The van der Waals surface area contributed by atoms with Gasteiger partial charge in [-0.1, -0.05) is 6.07 Å². The number of nitro groups is 1. The summed E-state index contributed by atoms with van der Waals surface area (Å²) in [6.07, 6.45) is 2.14. The largest absolute Gasteiger partial charge is 0.505 e. The highest BCUT2D eigenvalue weighted by atomic mass is 16.6. The normalized spacial score (nSPS) is 15.8. The second-order valence-corrected chi connectivity index (χ2v) is 4.87. The molecule has 3 N–H and O–H groups in total. The highest BCUT2D eigenvalue weighted by Crippen LogP contribution is 2.33. The number of hydrogen-bond donors (Lipinski definition) is 3. The van der Waals surface area contributed by atoms with E-state index in [-0.39, 0.29) is 28.9 Å². The van der Waals surface area contributed by atoms with Gasteiger partial charge in [0.25, 0.3) is 5.69 Å². The number of amides is 1. The summed E-state index contributed by atoms with van der Waals surface area (Å²) in [6.45, 7) is 1.77. The second kappa shape index (κ2) is 6.33. The van der Waals surface area contributed by atoms with Gasteiger partial charge in [0.15, 0.2) is 5.69 Å². The van der Waals surface area contributed by atoms with Crippen LogP contribution >= 0.6 is 0 Å². The topological polar surface area (TPSA) is 104 Å². The van der Waals surface area contributed by atoms with Crippen molar-refractivity contribution in [2.24, 2.45) is 5.92 Å². The Morgan fingerprint density at radius 3 is 2.80 bits per heavy atom. The number of para-hydroxylation sites is 1. The molecule has 7 nitrogen and oxygen atoms in total. The summed E-state index contributed by atoms with van der Waals surface area (Å²) in [5, 5.41) is 26.2. The Balaban J connectivity index is 2.05. The van der Waals surface area contributed by atoms with Crippen LogP contribution in [-0.2, 0) is 4.79 Å². The maximum Gasteiger partial charge on any atom is 0.296 e. The standard InChI is InChI=1S/C13H17N3O4/c17-11-3-1-2-10(16(19)20)13(11)15-12(18)8-9-4-6-14-7-5-9/h1-3,9,14,17H,4-8H2,(H,15,18). The molecule has 1 amide bonds. The molecule has 108 valence electrons. The predicted molar refractivity (Wildman–Crippen MR) is 73.6 cm³/mol. The Hall–Kier alpha value is -2.15. The smallest absolute Gasteiger partial charge is 0.296 e. The predicted octanol–water partition coefficient (Wildman–Crippen LogP) is 1.63. The van der Waals surface area contributed by atoms with E-state index in [0.29, 0.717) is 6.42 Å². The Morgan fingerprint density at radius 2 is 2.15 bits per heavy atom. The minimum Gasteiger partial charge on any atom is -0.505 e. The number of rotatable bonds is 4. The molecule has 1 aliphatic heterocycles. The zero-order chi connectivity index (χ0) is 14.5. The van der Waals surface area contributed by atoms with Gasteiger partial charge in [-0.05, 0) is 37.9 Å². The van der Waals surface area contributed by atoms with Gasteiger partial charge in [-0.25, -0.2) is 0 Å². The van der Waals surface area contributed by atoms with Crippen LogP contribution in [0.15, 0.2) is 18.2 Å². The van der Waals surface area contributed by atoms with E-state index in [9.17, 15) is 20.0 Å². The number of piperidine rings is 1. The van der Waals surface area contributed by atoms with Crippen LogP contribution in [0.2, 0.25) is 0 Å². The lowest BCUT2D eigenvalue weighted by Crippen LogP contribution is -2.30. The SMILES string of the molecule is O=C(CC1CCNCC1)Nc1c(O)cccc1[N+](=O)[O-]. The minimum absolute atomic E-state index is 0.128. The first kappa shape index (κ1) is 14.3. The molecular weight excluding hydrogens is 262 g/mol. The van der Waals surface area contributed by atoms with Crippen LogP contribution in [0.25, 0.3) is 0 Å². The number of nitrogens with one attached hydrogen (secondary N) is 2. The molecule has 1 saturated heterocycles. The maximum absolute atomic E-state index is 11.9. The quantitative estimate of drug-likeness (QED) is 0.441. The first-order valence-corrected chi connectivity index (χ1v) is 6.55. The first-order chi connectivity index (χ1) is 9.58. The van der Waals surface area contributed by atoms with E-state index in [4.69, 9.17) is 0 Å². The molecule has 1 heterocycles. The monoisotopic (exact) mass is 279 g/mol. The third kappa shape index (κ3) is 3.45. The number of phenolic OH excluding ortho intramolecular Hbond substituents is 1. The summed E-state index contributed by atoms with van der Waals surface area (Å²) in [4.78, 5) is 22.2. The van der Waals surface area contributed by atoms with Crippen molar-refractivity contribution in [3.05, 3.63) is 28.3 Å². The van der Waals surface area contributed by atoms with Crippen LogP contribution in [0.1, 0.15) is 19.3 Å². The zero-order valence-electron chi connectivity index (χ0n) is 11.0. The summed E-state index contributed by atoms with van der Waals surface area (Å²) in [5.41, 5.74) is -0.430. The van der Waals surface area contributed by atoms with Crippen molar-refractivity contribution in [2.45, 2.75) is 19.3 Å². The fraction of sp³-hybridized carbons (Fsp3) is 0.462. The van der Waals surface area contributed by atoms with Crippen LogP contribution < -0.4 is 10.6 Å². The third-order valence-corrected chi connectivity index (χ3v) is 3.41. The summed E-state index contributed by atoms with van der Waals surface area (Å²) >= 11 is 0. The highest BCUT2D eigenvalue weighted by Gasteiger charge is 2.22. The molecule has 1 fully saturated rings. The van der Waals surface area contributed by atoms with Gasteiger partial charge in [0, 0.05) is 12.5 Å². The highest BCUT2D eigenvalue weighted by molar-refractivity contribution is 5.95. The Kier molecular flexibility index (Phi) is 4.52. The van der Waals surface area contributed by atoms with Gasteiger partial charge in [-0.2, -0.15) is 0 Å². The van der Waals surface area contributed by atoms with E-state index < -0.39 is 4.92 Å². The van der Waals surface area contributed by atoms with Crippen LogP contribution in [0.4, 0.5) is 11.4 Å². The Morgan fingerprint density at radius 1 is 1.45 bits per heavy atom. The van der Waals surface area contributed by atoms with Crippen LogP contribution in [0, 0.1) is 16.0 Å². The van der Waals surface area contributed by atoms with Crippen molar-refractivity contribution in [1.82, 2.24) is 5.32 Å². The van der Waals surface area contributed by atoms with Crippen LogP contribution in [-0.4, -0.2) is 29.0 Å². The van der Waals surface area contributed by atoms with Crippen molar-refractivity contribution in [3.63, 3.8) is 0 Å². The number of anilines is 1. The molecule has 0 bridgehead atoms. The summed E-state index contributed by atoms with van der Waals surface area (Å²) in [6, 6.07) is 3.93. The van der Waals surface area contributed by atoms with Crippen LogP contribution in [0.3, 0.4) is 0 Å². The molecule has 20 heavy (non-hydrogen) atoms. The zero-order valence-corrected chi connectivity index (χ0v) is 11.0. The minimum atomic E-state index is -0.625. The van der Waals surface area contributed by atoms with Gasteiger partial charge in [0.05, 0.1) is 4.92 Å².